The number of carbonyl (C=O) groups excluding carboxylic acids is 1. The number of nitrogens with zero attached hydrogens (tertiary/aromatic N) is 2. The molecule has 0 aromatic carbocycles. The summed E-state index contributed by atoms with van der Waals surface area (Å²) in [6.45, 7) is 5.95. The molecule has 0 aliphatic rings. The van der Waals surface area contributed by atoms with Gasteiger partial charge < -0.3 is 10.5 Å². The fourth-order valence-corrected chi connectivity index (χ4v) is 1.41. The van der Waals surface area contributed by atoms with Gasteiger partial charge in [0.05, 0.1) is 17.6 Å². The Kier molecular flexibility index (Phi) is 4.11. The molecule has 6 nitrogen and oxygen atoms in total. The Bertz CT molecular complexity index is 393. The predicted octanol–water partition coefficient (Wildman–Crippen LogP) is 1.27. The number of aromatic nitrogens is 2. The summed E-state index contributed by atoms with van der Waals surface area (Å²) < 4.78 is 6.86. The zero-order valence-electron chi connectivity index (χ0n) is 10.8. The largest absolute Gasteiger partial charge is 0.444 e. The molecule has 96 valence electrons. The quantitative estimate of drug-likeness (QED) is 0.833. The molecule has 0 spiro atoms. The van der Waals surface area contributed by atoms with Gasteiger partial charge >= 0.3 is 6.09 Å². The van der Waals surface area contributed by atoms with Crippen LogP contribution in [0.2, 0.25) is 0 Å². The van der Waals surface area contributed by atoms with Gasteiger partial charge in [-0.15, -0.1) is 0 Å². The monoisotopic (exact) mass is 240 g/mol. The van der Waals surface area contributed by atoms with E-state index in [2.05, 4.69) is 10.4 Å². The second kappa shape index (κ2) is 5.18. The van der Waals surface area contributed by atoms with E-state index < -0.39 is 11.7 Å². The molecule has 0 bridgehead atoms. The van der Waals surface area contributed by atoms with E-state index in [0.29, 0.717) is 18.7 Å². The number of aryl methyl sites for hydroxylation is 1. The number of ether oxygens (including phenoxy) is 1. The standard InChI is InChI=1S/C11H20N4O2/c1-11(2,3)17-10(16)14-8-7-13-15(4)9(8)5-6-12/h7H,5-6,12H2,1-4H3,(H,14,16). The molecule has 0 saturated heterocycles. The molecular formula is C11H20N4O2. The second-order valence-electron chi connectivity index (χ2n) is 4.79. The molecule has 1 amide bonds. The van der Waals surface area contributed by atoms with Crippen LogP contribution in [0.1, 0.15) is 26.5 Å². The first-order chi connectivity index (χ1) is 7.83. The van der Waals surface area contributed by atoms with Gasteiger partial charge in [0.1, 0.15) is 5.60 Å². The van der Waals surface area contributed by atoms with Crippen molar-refractivity contribution in [3.8, 4) is 0 Å². The second-order valence-corrected chi connectivity index (χ2v) is 4.79. The molecule has 3 N–H and O–H groups in total. The molecule has 1 rings (SSSR count). The lowest BCUT2D eigenvalue weighted by Crippen LogP contribution is -2.27. The number of nitrogens with one attached hydrogen (secondary N) is 1. The summed E-state index contributed by atoms with van der Waals surface area (Å²) in [4.78, 5) is 11.6. The molecule has 1 heterocycles. The lowest BCUT2D eigenvalue weighted by atomic mass is 10.2. The van der Waals surface area contributed by atoms with Crippen molar-refractivity contribution in [3.05, 3.63) is 11.9 Å². The predicted molar refractivity (Wildman–Crippen MR) is 65.8 cm³/mol. The van der Waals surface area contributed by atoms with E-state index in [9.17, 15) is 4.79 Å². The summed E-state index contributed by atoms with van der Waals surface area (Å²) in [6, 6.07) is 0. The first-order valence-corrected chi connectivity index (χ1v) is 5.54. The Balaban J connectivity index is 2.71. The van der Waals surface area contributed by atoms with Crippen molar-refractivity contribution in [2.45, 2.75) is 32.8 Å². The number of hydrogen-bond donors (Lipinski definition) is 2. The third-order valence-electron chi connectivity index (χ3n) is 2.08. The van der Waals surface area contributed by atoms with Crippen LogP contribution in [0.4, 0.5) is 10.5 Å². The SMILES string of the molecule is Cn1ncc(NC(=O)OC(C)(C)C)c1CCN. The minimum absolute atomic E-state index is 0.483. The van der Waals surface area contributed by atoms with E-state index in [-0.39, 0.29) is 0 Å². The highest BCUT2D eigenvalue weighted by Gasteiger charge is 2.18. The Morgan fingerprint density at radius 3 is 2.76 bits per heavy atom. The molecule has 1 aromatic rings. The smallest absolute Gasteiger partial charge is 0.412 e. The van der Waals surface area contributed by atoms with E-state index in [1.54, 1.807) is 10.9 Å². The van der Waals surface area contributed by atoms with Crippen molar-refractivity contribution in [1.82, 2.24) is 9.78 Å². The van der Waals surface area contributed by atoms with Gasteiger partial charge in [-0.1, -0.05) is 0 Å². The van der Waals surface area contributed by atoms with Crippen LogP contribution in [0.15, 0.2) is 6.20 Å². The number of hydrogen-bond acceptors (Lipinski definition) is 4. The highest BCUT2D eigenvalue weighted by Crippen LogP contribution is 2.16. The molecule has 0 unspecified atom stereocenters. The lowest BCUT2D eigenvalue weighted by Gasteiger charge is -2.19. The minimum Gasteiger partial charge on any atom is -0.444 e. The van der Waals surface area contributed by atoms with Crippen LogP contribution in [0.25, 0.3) is 0 Å². The topological polar surface area (TPSA) is 82.2 Å². The summed E-state index contributed by atoms with van der Waals surface area (Å²) in [7, 11) is 1.81. The molecule has 0 aliphatic heterocycles. The van der Waals surface area contributed by atoms with Crippen LogP contribution in [0.5, 0.6) is 0 Å². The first kappa shape index (κ1) is 13.5. The Labute approximate surface area is 101 Å². The number of rotatable bonds is 3. The van der Waals surface area contributed by atoms with Gasteiger partial charge in [0, 0.05) is 13.5 Å². The summed E-state index contributed by atoms with van der Waals surface area (Å²) >= 11 is 0. The zero-order chi connectivity index (χ0) is 13.1. The van der Waals surface area contributed by atoms with Crippen molar-refractivity contribution in [2.75, 3.05) is 11.9 Å². The summed E-state index contributed by atoms with van der Waals surface area (Å²) in [5, 5.41) is 6.75. The molecule has 0 atom stereocenters. The van der Waals surface area contributed by atoms with Crippen molar-refractivity contribution in [1.29, 1.82) is 0 Å². The van der Waals surface area contributed by atoms with Crippen molar-refractivity contribution in [2.24, 2.45) is 12.8 Å². The maximum atomic E-state index is 11.6. The average Bonchev–Trinajstić information content (AvgIpc) is 2.47. The van der Waals surface area contributed by atoms with Gasteiger partial charge in [0.2, 0.25) is 0 Å². The van der Waals surface area contributed by atoms with Gasteiger partial charge in [-0.3, -0.25) is 10.00 Å². The van der Waals surface area contributed by atoms with E-state index >= 15 is 0 Å². The minimum atomic E-state index is -0.514. The third-order valence-corrected chi connectivity index (χ3v) is 2.08. The Morgan fingerprint density at radius 2 is 2.24 bits per heavy atom. The highest BCUT2D eigenvalue weighted by atomic mass is 16.6. The van der Waals surface area contributed by atoms with Crippen LogP contribution in [0, 0.1) is 0 Å². The van der Waals surface area contributed by atoms with Crippen LogP contribution in [0.3, 0.4) is 0 Å². The maximum absolute atomic E-state index is 11.6. The van der Waals surface area contributed by atoms with Crippen LogP contribution < -0.4 is 11.1 Å². The van der Waals surface area contributed by atoms with Crippen molar-refractivity contribution >= 4 is 11.8 Å². The fraction of sp³-hybridized carbons (Fsp3) is 0.636. The molecule has 1 aromatic heterocycles. The first-order valence-electron chi connectivity index (χ1n) is 5.54. The molecule has 0 fully saturated rings. The van der Waals surface area contributed by atoms with Crippen molar-refractivity contribution < 1.29 is 9.53 Å². The van der Waals surface area contributed by atoms with E-state index in [0.717, 1.165) is 5.69 Å². The normalized spacial score (nSPS) is 11.4. The lowest BCUT2D eigenvalue weighted by molar-refractivity contribution is 0.0636. The molecule has 0 saturated carbocycles. The zero-order valence-corrected chi connectivity index (χ0v) is 10.8. The van der Waals surface area contributed by atoms with Gasteiger partial charge in [0.15, 0.2) is 0 Å². The summed E-state index contributed by atoms with van der Waals surface area (Å²) in [5.74, 6) is 0. The van der Waals surface area contributed by atoms with Gasteiger partial charge in [-0.2, -0.15) is 5.10 Å². The fourth-order valence-electron chi connectivity index (χ4n) is 1.41. The molecular weight excluding hydrogens is 220 g/mol. The molecule has 0 radical (unpaired) electrons. The maximum Gasteiger partial charge on any atom is 0.412 e. The van der Waals surface area contributed by atoms with E-state index in [1.807, 2.05) is 27.8 Å². The molecule has 6 heteroatoms. The molecule has 17 heavy (non-hydrogen) atoms. The van der Waals surface area contributed by atoms with Crippen molar-refractivity contribution in [3.63, 3.8) is 0 Å². The summed E-state index contributed by atoms with van der Waals surface area (Å²) in [5.41, 5.74) is 6.52. The highest BCUT2D eigenvalue weighted by molar-refractivity contribution is 5.85. The Morgan fingerprint density at radius 1 is 1.59 bits per heavy atom. The van der Waals surface area contributed by atoms with E-state index in [1.165, 1.54) is 0 Å². The van der Waals surface area contributed by atoms with Gasteiger partial charge in [-0.05, 0) is 27.3 Å². The number of anilines is 1. The van der Waals surface area contributed by atoms with Gasteiger partial charge in [0.25, 0.3) is 0 Å². The van der Waals surface area contributed by atoms with Crippen LogP contribution in [-0.2, 0) is 18.2 Å². The molecule has 0 aliphatic carbocycles. The third kappa shape index (κ3) is 4.07. The summed E-state index contributed by atoms with van der Waals surface area (Å²) in [6.07, 6.45) is 1.76. The van der Waals surface area contributed by atoms with E-state index in [4.69, 9.17) is 10.5 Å². The number of carbonyl (C=O) groups is 1. The van der Waals surface area contributed by atoms with Crippen LogP contribution in [-0.4, -0.2) is 28.0 Å². The van der Waals surface area contributed by atoms with Crippen LogP contribution >= 0.6 is 0 Å². The number of amides is 1. The Hall–Kier alpha value is -1.56. The van der Waals surface area contributed by atoms with Gasteiger partial charge in [-0.25, -0.2) is 4.79 Å². The number of nitrogens with two attached hydrogens (primary N) is 1. The average molecular weight is 240 g/mol.